The first-order valence-electron chi connectivity index (χ1n) is 6.78. The Morgan fingerprint density at radius 3 is 2.30 bits per heavy atom. The van der Waals surface area contributed by atoms with Gasteiger partial charge < -0.3 is 19.9 Å². The standard InChI is InChI=1S/C15H21NO4/c1-19-12-5-3-11(4-6-12)16-15(14(17)18)9-7-13(20-2)8-10-15/h3-6,13,16H,7-10H2,1-2H3,(H,17,18). The number of hydrogen-bond acceptors (Lipinski definition) is 4. The van der Waals surface area contributed by atoms with Gasteiger partial charge in [0.05, 0.1) is 13.2 Å². The third-order valence-corrected chi connectivity index (χ3v) is 4.00. The quantitative estimate of drug-likeness (QED) is 0.867. The molecule has 0 saturated heterocycles. The minimum Gasteiger partial charge on any atom is -0.497 e. The predicted molar refractivity (Wildman–Crippen MR) is 76.2 cm³/mol. The van der Waals surface area contributed by atoms with Crippen molar-refractivity contribution in [1.82, 2.24) is 0 Å². The number of aliphatic carboxylic acids is 1. The summed E-state index contributed by atoms with van der Waals surface area (Å²) >= 11 is 0. The van der Waals surface area contributed by atoms with Crippen LogP contribution in [0.2, 0.25) is 0 Å². The Hall–Kier alpha value is -1.75. The molecule has 2 rings (SSSR count). The molecule has 5 nitrogen and oxygen atoms in total. The summed E-state index contributed by atoms with van der Waals surface area (Å²) in [5, 5.41) is 12.8. The van der Waals surface area contributed by atoms with E-state index in [9.17, 15) is 9.90 Å². The van der Waals surface area contributed by atoms with Crippen LogP contribution in [0.15, 0.2) is 24.3 Å². The SMILES string of the molecule is COc1ccc(NC2(C(=O)O)CCC(OC)CC2)cc1. The summed E-state index contributed by atoms with van der Waals surface area (Å²) in [6.07, 6.45) is 2.80. The second-order valence-electron chi connectivity index (χ2n) is 5.18. The van der Waals surface area contributed by atoms with Gasteiger partial charge in [-0.1, -0.05) is 0 Å². The van der Waals surface area contributed by atoms with Crippen molar-refractivity contribution < 1.29 is 19.4 Å². The zero-order valence-electron chi connectivity index (χ0n) is 11.9. The van der Waals surface area contributed by atoms with Crippen molar-refractivity contribution in [3.63, 3.8) is 0 Å². The van der Waals surface area contributed by atoms with Gasteiger partial charge in [-0.3, -0.25) is 0 Å². The molecule has 0 bridgehead atoms. The summed E-state index contributed by atoms with van der Waals surface area (Å²) in [6.45, 7) is 0. The van der Waals surface area contributed by atoms with Crippen molar-refractivity contribution in [2.24, 2.45) is 0 Å². The van der Waals surface area contributed by atoms with E-state index in [0.29, 0.717) is 12.8 Å². The van der Waals surface area contributed by atoms with Crippen LogP contribution in [0.4, 0.5) is 5.69 Å². The van der Waals surface area contributed by atoms with E-state index < -0.39 is 11.5 Å². The summed E-state index contributed by atoms with van der Waals surface area (Å²) in [7, 11) is 3.28. The largest absolute Gasteiger partial charge is 0.497 e. The van der Waals surface area contributed by atoms with Gasteiger partial charge in [0, 0.05) is 12.8 Å². The van der Waals surface area contributed by atoms with Crippen LogP contribution in [0.1, 0.15) is 25.7 Å². The van der Waals surface area contributed by atoms with Crippen LogP contribution in [0.3, 0.4) is 0 Å². The molecule has 1 aromatic carbocycles. The molecule has 1 saturated carbocycles. The first-order valence-corrected chi connectivity index (χ1v) is 6.78. The highest BCUT2D eigenvalue weighted by atomic mass is 16.5. The van der Waals surface area contributed by atoms with Gasteiger partial charge in [0.25, 0.3) is 0 Å². The van der Waals surface area contributed by atoms with E-state index in [0.717, 1.165) is 24.3 Å². The number of methoxy groups -OCH3 is 2. The maximum Gasteiger partial charge on any atom is 0.329 e. The van der Waals surface area contributed by atoms with Crippen LogP contribution in [0, 0.1) is 0 Å². The molecule has 110 valence electrons. The van der Waals surface area contributed by atoms with Crippen molar-refractivity contribution in [3.8, 4) is 5.75 Å². The van der Waals surface area contributed by atoms with Crippen LogP contribution >= 0.6 is 0 Å². The molecule has 1 aromatic rings. The highest BCUT2D eigenvalue weighted by Gasteiger charge is 2.42. The molecule has 2 N–H and O–H groups in total. The molecule has 0 heterocycles. The summed E-state index contributed by atoms with van der Waals surface area (Å²) in [6, 6.07) is 7.31. The molecule has 0 radical (unpaired) electrons. The van der Waals surface area contributed by atoms with Gasteiger partial charge >= 0.3 is 5.97 Å². The Kier molecular flexibility index (Phi) is 4.49. The van der Waals surface area contributed by atoms with Crippen LogP contribution in [-0.4, -0.2) is 36.9 Å². The highest BCUT2D eigenvalue weighted by Crippen LogP contribution is 2.33. The fraction of sp³-hybridized carbons (Fsp3) is 0.533. The highest BCUT2D eigenvalue weighted by molar-refractivity contribution is 5.83. The van der Waals surface area contributed by atoms with E-state index in [-0.39, 0.29) is 6.10 Å². The van der Waals surface area contributed by atoms with Crippen molar-refractivity contribution in [1.29, 1.82) is 0 Å². The smallest absolute Gasteiger partial charge is 0.329 e. The van der Waals surface area contributed by atoms with Gasteiger partial charge in [0.2, 0.25) is 0 Å². The zero-order chi connectivity index (χ0) is 14.6. The lowest BCUT2D eigenvalue weighted by Crippen LogP contribution is -2.50. The van der Waals surface area contributed by atoms with E-state index in [2.05, 4.69) is 5.32 Å². The van der Waals surface area contributed by atoms with Gasteiger partial charge in [-0.25, -0.2) is 4.79 Å². The summed E-state index contributed by atoms with van der Waals surface area (Å²) in [5.41, 5.74) is -0.104. The number of anilines is 1. The number of carbonyl (C=O) groups is 1. The van der Waals surface area contributed by atoms with Crippen molar-refractivity contribution in [2.45, 2.75) is 37.3 Å². The lowest BCUT2D eigenvalue weighted by atomic mass is 9.80. The number of benzene rings is 1. The maximum atomic E-state index is 11.7. The molecule has 0 atom stereocenters. The number of carboxylic acid groups (broad SMARTS) is 1. The van der Waals surface area contributed by atoms with E-state index in [1.54, 1.807) is 14.2 Å². The van der Waals surface area contributed by atoms with E-state index >= 15 is 0 Å². The van der Waals surface area contributed by atoms with Crippen molar-refractivity contribution >= 4 is 11.7 Å². The first kappa shape index (κ1) is 14.7. The predicted octanol–water partition coefficient (Wildman–Crippen LogP) is 2.52. The van der Waals surface area contributed by atoms with Gasteiger partial charge in [0.15, 0.2) is 0 Å². The van der Waals surface area contributed by atoms with E-state index in [4.69, 9.17) is 9.47 Å². The summed E-state index contributed by atoms with van der Waals surface area (Å²) < 4.78 is 10.4. The third-order valence-electron chi connectivity index (χ3n) is 4.00. The number of ether oxygens (including phenoxy) is 2. The lowest BCUT2D eigenvalue weighted by molar-refractivity contribution is -0.144. The van der Waals surface area contributed by atoms with Gasteiger partial charge in [-0.15, -0.1) is 0 Å². The Bertz CT molecular complexity index is 449. The molecule has 5 heteroatoms. The Morgan fingerprint density at radius 1 is 1.25 bits per heavy atom. The third kappa shape index (κ3) is 3.04. The fourth-order valence-electron chi connectivity index (χ4n) is 2.66. The molecule has 1 aliphatic rings. The first-order chi connectivity index (χ1) is 9.59. The van der Waals surface area contributed by atoms with Crippen LogP contribution in [0.5, 0.6) is 5.75 Å². The van der Waals surface area contributed by atoms with Crippen LogP contribution in [0.25, 0.3) is 0 Å². The van der Waals surface area contributed by atoms with Crippen molar-refractivity contribution in [2.75, 3.05) is 19.5 Å². The number of nitrogens with one attached hydrogen (secondary N) is 1. The average Bonchev–Trinajstić information content (AvgIpc) is 2.48. The minimum absolute atomic E-state index is 0.167. The molecule has 1 aliphatic carbocycles. The molecular formula is C15H21NO4. The van der Waals surface area contributed by atoms with Gasteiger partial charge in [0.1, 0.15) is 11.3 Å². The Balaban J connectivity index is 2.11. The molecule has 20 heavy (non-hydrogen) atoms. The number of rotatable bonds is 5. The number of hydrogen-bond donors (Lipinski definition) is 2. The minimum atomic E-state index is -0.899. The molecule has 1 fully saturated rings. The van der Waals surface area contributed by atoms with Gasteiger partial charge in [-0.2, -0.15) is 0 Å². The normalized spacial score (nSPS) is 26.0. The average molecular weight is 279 g/mol. The monoisotopic (exact) mass is 279 g/mol. The lowest BCUT2D eigenvalue weighted by Gasteiger charge is -2.37. The second-order valence-corrected chi connectivity index (χ2v) is 5.18. The zero-order valence-corrected chi connectivity index (χ0v) is 11.9. The van der Waals surface area contributed by atoms with Crippen LogP contribution in [-0.2, 0) is 9.53 Å². The summed E-state index contributed by atoms with van der Waals surface area (Å²) in [4.78, 5) is 11.7. The summed E-state index contributed by atoms with van der Waals surface area (Å²) in [5.74, 6) is -0.0501. The molecule has 0 aliphatic heterocycles. The van der Waals surface area contributed by atoms with E-state index in [1.807, 2.05) is 24.3 Å². The van der Waals surface area contributed by atoms with Crippen LogP contribution < -0.4 is 10.1 Å². The molecule has 0 unspecified atom stereocenters. The second kappa shape index (κ2) is 6.13. The number of carboxylic acids is 1. The van der Waals surface area contributed by atoms with E-state index in [1.165, 1.54) is 0 Å². The molecular weight excluding hydrogens is 258 g/mol. The fourth-order valence-corrected chi connectivity index (χ4v) is 2.66. The topological polar surface area (TPSA) is 67.8 Å². The van der Waals surface area contributed by atoms with Crippen molar-refractivity contribution in [3.05, 3.63) is 24.3 Å². The van der Waals surface area contributed by atoms with Gasteiger partial charge in [-0.05, 0) is 49.9 Å². The molecule has 0 amide bonds. The molecule has 0 spiro atoms. The Morgan fingerprint density at radius 2 is 1.85 bits per heavy atom. The molecule has 0 aromatic heterocycles. The Labute approximate surface area is 118 Å². The maximum absolute atomic E-state index is 11.7.